The second-order valence-corrected chi connectivity index (χ2v) is 14.5. The van der Waals surface area contributed by atoms with Crippen LogP contribution in [0.15, 0.2) is 127 Å². The molecule has 4 atom stereocenters. The van der Waals surface area contributed by atoms with Gasteiger partial charge >= 0.3 is 0 Å². The number of nitriles is 1. The fourth-order valence-electron chi connectivity index (χ4n) is 8.90. The molecule has 2 unspecified atom stereocenters. The normalized spacial score (nSPS) is 21.5. The molecule has 4 nitrogen and oxygen atoms in total. The minimum absolute atomic E-state index is 0.287. The molecule has 2 saturated carbocycles. The van der Waals surface area contributed by atoms with Crippen LogP contribution < -0.4 is 0 Å². The Morgan fingerprint density at radius 3 is 1.55 bits per heavy atom. The Bertz CT molecular complexity index is 2110. The summed E-state index contributed by atoms with van der Waals surface area (Å²) in [6.07, 6.45) is 6.64. The summed E-state index contributed by atoms with van der Waals surface area (Å²) in [6, 6.07) is 46.1. The van der Waals surface area contributed by atoms with Gasteiger partial charge in [-0.25, -0.2) is 15.0 Å². The van der Waals surface area contributed by atoms with Crippen molar-refractivity contribution in [3.63, 3.8) is 0 Å². The Morgan fingerprint density at radius 1 is 0.531 bits per heavy atom. The third kappa shape index (κ3) is 6.18. The molecule has 0 spiro atoms. The van der Waals surface area contributed by atoms with Crippen LogP contribution in [0.2, 0.25) is 0 Å². The number of fused-ring (bicyclic) bond motifs is 2. The summed E-state index contributed by atoms with van der Waals surface area (Å²) >= 11 is 0. The van der Waals surface area contributed by atoms with Crippen molar-refractivity contribution in [1.29, 1.82) is 5.26 Å². The Labute approximate surface area is 289 Å². The largest absolute Gasteiger partial charge is 0.208 e. The van der Waals surface area contributed by atoms with Crippen molar-refractivity contribution in [1.82, 2.24) is 15.0 Å². The molecule has 5 aromatic carbocycles. The summed E-state index contributed by atoms with van der Waals surface area (Å²) < 4.78 is 0. The molecule has 2 aliphatic carbocycles. The van der Waals surface area contributed by atoms with E-state index >= 15 is 0 Å². The van der Waals surface area contributed by atoms with Crippen molar-refractivity contribution in [3.8, 4) is 62.5 Å². The monoisotopic (exact) mass is 636 g/mol. The molecule has 6 aromatic rings. The van der Waals surface area contributed by atoms with Crippen LogP contribution in [0, 0.1) is 29.1 Å². The average Bonchev–Trinajstić information content (AvgIpc) is 3.14. The smallest absolute Gasteiger partial charge is 0.164 e. The first kappa shape index (κ1) is 30.9. The highest BCUT2D eigenvalue weighted by molar-refractivity contribution is 5.85. The lowest BCUT2D eigenvalue weighted by Gasteiger charge is -2.50. The molecule has 0 N–H and O–H groups in total. The zero-order chi connectivity index (χ0) is 33.4. The minimum atomic E-state index is 0.287. The van der Waals surface area contributed by atoms with Crippen molar-refractivity contribution in [2.45, 2.75) is 51.4 Å². The van der Waals surface area contributed by atoms with E-state index in [9.17, 15) is 5.26 Å². The lowest BCUT2D eigenvalue weighted by atomic mass is 9.54. The second-order valence-electron chi connectivity index (χ2n) is 14.5. The van der Waals surface area contributed by atoms with Gasteiger partial charge in [-0.05, 0) is 95.2 Å². The lowest BCUT2D eigenvalue weighted by Crippen LogP contribution is -2.42. The third-order valence-corrected chi connectivity index (χ3v) is 10.7. The molecule has 0 radical (unpaired) electrons. The van der Waals surface area contributed by atoms with Crippen molar-refractivity contribution in [3.05, 3.63) is 139 Å². The maximum atomic E-state index is 9.60. The van der Waals surface area contributed by atoms with Crippen LogP contribution >= 0.6 is 0 Å². The van der Waals surface area contributed by atoms with E-state index in [1.54, 1.807) is 0 Å². The summed E-state index contributed by atoms with van der Waals surface area (Å²) in [5.41, 5.74) is 9.55. The lowest BCUT2D eigenvalue weighted by molar-refractivity contribution is 0.0780. The number of rotatable bonds is 6. The number of benzene rings is 5. The van der Waals surface area contributed by atoms with E-state index in [2.05, 4.69) is 92.7 Å². The minimum Gasteiger partial charge on any atom is -0.208 e. The number of aromatic nitrogens is 3. The molecule has 1 aromatic heterocycles. The molecule has 240 valence electrons. The predicted octanol–water partition coefficient (Wildman–Crippen LogP) is 11.2. The summed E-state index contributed by atoms with van der Waals surface area (Å²) in [5, 5.41) is 9.60. The van der Waals surface area contributed by atoms with Crippen LogP contribution in [0.25, 0.3) is 56.4 Å². The van der Waals surface area contributed by atoms with Gasteiger partial charge in [-0.15, -0.1) is 0 Å². The molecule has 0 saturated heterocycles. The number of hydrogen-bond donors (Lipinski definition) is 0. The third-order valence-electron chi connectivity index (χ3n) is 10.7. The molecule has 0 aliphatic heterocycles. The highest BCUT2D eigenvalue weighted by Gasteiger charge is 2.45. The van der Waals surface area contributed by atoms with E-state index in [4.69, 9.17) is 15.0 Å². The van der Waals surface area contributed by atoms with Crippen LogP contribution in [-0.2, 0) is 5.41 Å². The maximum absolute atomic E-state index is 9.60. The van der Waals surface area contributed by atoms with E-state index < -0.39 is 0 Å². The van der Waals surface area contributed by atoms with Crippen LogP contribution in [-0.4, -0.2) is 15.0 Å². The molecule has 1 heterocycles. The fourth-order valence-corrected chi connectivity index (χ4v) is 8.90. The highest BCUT2D eigenvalue weighted by atomic mass is 15.0. The first-order chi connectivity index (χ1) is 24.0. The van der Waals surface area contributed by atoms with Gasteiger partial charge < -0.3 is 0 Å². The zero-order valence-corrected chi connectivity index (χ0v) is 28.2. The predicted molar refractivity (Wildman–Crippen MR) is 198 cm³/mol. The Balaban J connectivity index is 1.16. The van der Waals surface area contributed by atoms with E-state index in [1.807, 2.05) is 54.6 Å². The van der Waals surface area contributed by atoms with Crippen molar-refractivity contribution in [2.24, 2.45) is 17.8 Å². The number of hydrogen-bond acceptors (Lipinski definition) is 4. The van der Waals surface area contributed by atoms with Crippen LogP contribution in [0.4, 0.5) is 0 Å². The topological polar surface area (TPSA) is 62.5 Å². The average molecular weight is 637 g/mol. The SMILES string of the molecule is C[C@@H]1CC2C[C@H](C)CC(c3ccc(-c4nc(-c5ccccc5)nc(-c5ccc(-c6ccc(C#N)cc6-c6ccccc6)cc5)n4)cc3)(C2)C1. The van der Waals surface area contributed by atoms with Gasteiger partial charge in [0, 0.05) is 16.7 Å². The van der Waals surface area contributed by atoms with Crippen LogP contribution in [0.1, 0.15) is 57.1 Å². The van der Waals surface area contributed by atoms with Crippen LogP contribution in [0.5, 0.6) is 0 Å². The highest BCUT2D eigenvalue weighted by Crippen LogP contribution is 2.54. The summed E-state index contributed by atoms with van der Waals surface area (Å²) in [4.78, 5) is 15.0. The van der Waals surface area contributed by atoms with Crippen LogP contribution in [0.3, 0.4) is 0 Å². The summed E-state index contributed by atoms with van der Waals surface area (Å²) in [7, 11) is 0. The zero-order valence-electron chi connectivity index (χ0n) is 28.2. The second kappa shape index (κ2) is 12.9. The molecule has 49 heavy (non-hydrogen) atoms. The van der Waals surface area contributed by atoms with Gasteiger partial charge in [0.05, 0.1) is 11.6 Å². The molecule has 2 bridgehead atoms. The van der Waals surface area contributed by atoms with Gasteiger partial charge in [0.1, 0.15) is 0 Å². The van der Waals surface area contributed by atoms with Crippen molar-refractivity contribution in [2.75, 3.05) is 0 Å². The first-order valence-electron chi connectivity index (χ1n) is 17.6. The maximum Gasteiger partial charge on any atom is 0.164 e. The number of nitrogens with zero attached hydrogens (tertiary/aromatic N) is 4. The summed E-state index contributed by atoms with van der Waals surface area (Å²) in [6.45, 7) is 4.89. The Kier molecular flexibility index (Phi) is 8.14. The molecule has 4 heteroatoms. The Morgan fingerprint density at radius 2 is 1.00 bits per heavy atom. The molecule has 2 fully saturated rings. The van der Waals surface area contributed by atoms with Gasteiger partial charge in [-0.1, -0.05) is 129 Å². The van der Waals surface area contributed by atoms with Gasteiger partial charge in [0.25, 0.3) is 0 Å². The van der Waals surface area contributed by atoms with Gasteiger partial charge in [0.2, 0.25) is 0 Å². The van der Waals surface area contributed by atoms with E-state index in [0.29, 0.717) is 23.0 Å². The van der Waals surface area contributed by atoms with E-state index in [0.717, 1.165) is 56.7 Å². The molecular formula is C45H40N4. The summed E-state index contributed by atoms with van der Waals surface area (Å²) in [5.74, 6) is 4.39. The van der Waals surface area contributed by atoms with E-state index in [-0.39, 0.29) is 5.41 Å². The standard InChI is InChI=1S/C45H40N4/c1-30-23-33-24-31(2)27-45(26-30,28-33)39-20-18-38(19-21-39)44-48-42(36-11-7-4-8-12-36)47-43(49-44)37-16-14-35(15-17-37)40-22-13-32(29-46)25-41(40)34-9-5-3-6-10-34/h3-22,25,30-31,33H,23-24,26-28H2,1-2H3/t30-,31+,33?,45?. The molecule has 8 rings (SSSR count). The van der Waals surface area contributed by atoms with Gasteiger partial charge in [-0.2, -0.15) is 5.26 Å². The molecule has 2 aliphatic rings. The molecule has 0 amide bonds. The Hall–Kier alpha value is -5.40. The quantitative estimate of drug-likeness (QED) is 0.182. The van der Waals surface area contributed by atoms with Gasteiger partial charge in [0.15, 0.2) is 17.5 Å². The van der Waals surface area contributed by atoms with Gasteiger partial charge in [-0.3, -0.25) is 0 Å². The van der Waals surface area contributed by atoms with Crippen molar-refractivity contribution >= 4 is 0 Å². The first-order valence-corrected chi connectivity index (χ1v) is 17.6. The van der Waals surface area contributed by atoms with Crippen molar-refractivity contribution < 1.29 is 0 Å². The molecular weight excluding hydrogens is 597 g/mol. The van der Waals surface area contributed by atoms with E-state index in [1.165, 1.54) is 37.7 Å². The fraction of sp³-hybridized carbons (Fsp3) is 0.244.